The average Bonchev–Trinajstić information content (AvgIpc) is 2.41. The molecule has 0 aromatic heterocycles. The lowest BCUT2D eigenvalue weighted by Gasteiger charge is -2.33. The zero-order chi connectivity index (χ0) is 13.0. The fraction of sp³-hybridized carbons (Fsp3) is 0.571. The van der Waals surface area contributed by atoms with Crippen molar-refractivity contribution in [3.05, 3.63) is 29.8 Å². The van der Waals surface area contributed by atoms with Crippen LogP contribution in [0.1, 0.15) is 11.6 Å². The Morgan fingerprint density at radius 1 is 1.28 bits per heavy atom. The van der Waals surface area contributed by atoms with Gasteiger partial charge in [-0.25, -0.2) is 0 Å². The predicted octanol–water partition coefficient (Wildman–Crippen LogP) is 0.942. The lowest BCUT2D eigenvalue weighted by atomic mass is 10.1. The van der Waals surface area contributed by atoms with Crippen LogP contribution in [-0.2, 0) is 0 Å². The highest BCUT2D eigenvalue weighted by atomic mass is 16.5. The first-order valence-corrected chi connectivity index (χ1v) is 6.49. The van der Waals surface area contributed by atoms with E-state index in [-0.39, 0.29) is 6.04 Å². The molecular formula is C14H23N3O. The van der Waals surface area contributed by atoms with Crippen LogP contribution < -0.4 is 10.5 Å². The molecule has 0 amide bonds. The standard InChI is InChI=1S/C14H23N3O/c1-16-6-8-17(9-7-16)11-14(15)12-4-3-5-13(10-12)18-2/h3-5,10,14H,6-9,11,15H2,1-2H3. The highest BCUT2D eigenvalue weighted by Crippen LogP contribution is 2.18. The molecule has 1 aromatic rings. The molecule has 0 bridgehead atoms. The number of benzene rings is 1. The van der Waals surface area contributed by atoms with Gasteiger partial charge in [-0.3, -0.25) is 4.90 Å². The van der Waals surface area contributed by atoms with E-state index in [9.17, 15) is 0 Å². The van der Waals surface area contributed by atoms with Gasteiger partial charge in [0.1, 0.15) is 5.75 Å². The van der Waals surface area contributed by atoms with Crippen molar-refractivity contribution >= 4 is 0 Å². The number of nitrogens with two attached hydrogens (primary N) is 1. The molecule has 1 aliphatic rings. The molecule has 1 atom stereocenters. The number of methoxy groups -OCH3 is 1. The number of hydrogen-bond acceptors (Lipinski definition) is 4. The van der Waals surface area contributed by atoms with Crippen LogP contribution in [0.2, 0.25) is 0 Å². The summed E-state index contributed by atoms with van der Waals surface area (Å²) in [5.74, 6) is 0.876. The largest absolute Gasteiger partial charge is 0.497 e. The summed E-state index contributed by atoms with van der Waals surface area (Å²) in [5, 5.41) is 0. The van der Waals surface area contributed by atoms with Gasteiger partial charge in [-0.2, -0.15) is 0 Å². The van der Waals surface area contributed by atoms with Crippen LogP contribution >= 0.6 is 0 Å². The van der Waals surface area contributed by atoms with Gasteiger partial charge in [0.15, 0.2) is 0 Å². The maximum Gasteiger partial charge on any atom is 0.119 e. The zero-order valence-corrected chi connectivity index (χ0v) is 11.3. The second-order valence-corrected chi connectivity index (χ2v) is 4.99. The van der Waals surface area contributed by atoms with Gasteiger partial charge in [0.25, 0.3) is 0 Å². The third kappa shape index (κ3) is 3.45. The van der Waals surface area contributed by atoms with Gasteiger partial charge in [0.2, 0.25) is 0 Å². The Morgan fingerprint density at radius 2 is 2.00 bits per heavy atom. The van der Waals surface area contributed by atoms with Crippen molar-refractivity contribution in [2.45, 2.75) is 6.04 Å². The molecule has 0 saturated carbocycles. The highest BCUT2D eigenvalue weighted by Gasteiger charge is 2.17. The van der Waals surface area contributed by atoms with Crippen LogP contribution in [0.3, 0.4) is 0 Å². The van der Waals surface area contributed by atoms with Crippen LogP contribution in [0.4, 0.5) is 0 Å². The molecule has 4 heteroatoms. The van der Waals surface area contributed by atoms with Crippen LogP contribution in [-0.4, -0.2) is 56.7 Å². The molecule has 18 heavy (non-hydrogen) atoms. The van der Waals surface area contributed by atoms with Gasteiger partial charge >= 0.3 is 0 Å². The van der Waals surface area contributed by atoms with Crippen molar-refractivity contribution in [1.29, 1.82) is 0 Å². The first kappa shape index (κ1) is 13.3. The van der Waals surface area contributed by atoms with Crippen molar-refractivity contribution in [3.63, 3.8) is 0 Å². The molecule has 0 spiro atoms. The molecule has 1 unspecified atom stereocenters. The SMILES string of the molecule is COc1cccc(C(N)CN2CCN(C)CC2)c1. The average molecular weight is 249 g/mol. The normalized spacial score (nSPS) is 19.7. The molecule has 1 aromatic carbocycles. The van der Waals surface area contributed by atoms with Crippen molar-refractivity contribution < 1.29 is 4.74 Å². The molecule has 1 aliphatic heterocycles. The van der Waals surface area contributed by atoms with Crippen LogP contribution in [0.15, 0.2) is 24.3 Å². The molecule has 2 N–H and O–H groups in total. The minimum atomic E-state index is 0.0588. The summed E-state index contributed by atoms with van der Waals surface area (Å²) in [5.41, 5.74) is 7.42. The smallest absolute Gasteiger partial charge is 0.119 e. The summed E-state index contributed by atoms with van der Waals surface area (Å²) in [6.45, 7) is 5.39. The summed E-state index contributed by atoms with van der Waals surface area (Å²) in [6.07, 6.45) is 0. The Kier molecular flexibility index (Phi) is 4.58. The summed E-state index contributed by atoms with van der Waals surface area (Å²) in [4.78, 5) is 4.79. The van der Waals surface area contributed by atoms with E-state index >= 15 is 0 Å². The van der Waals surface area contributed by atoms with Crippen molar-refractivity contribution in [2.24, 2.45) is 5.73 Å². The molecule has 1 saturated heterocycles. The summed E-state index contributed by atoms with van der Waals surface area (Å²) in [6, 6.07) is 8.11. The van der Waals surface area contributed by atoms with E-state index in [4.69, 9.17) is 10.5 Å². The number of hydrogen-bond donors (Lipinski definition) is 1. The molecular weight excluding hydrogens is 226 g/mol. The molecule has 0 aliphatic carbocycles. The molecule has 4 nitrogen and oxygen atoms in total. The quantitative estimate of drug-likeness (QED) is 0.862. The molecule has 100 valence electrons. The fourth-order valence-corrected chi connectivity index (χ4v) is 2.29. The highest BCUT2D eigenvalue weighted by molar-refractivity contribution is 5.30. The first-order valence-electron chi connectivity index (χ1n) is 6.49. The summed E-state index contributed by atoms with van der Waals surface area (Å²) >= 11 is 0. The third-order valence-electron chi connectivity index (χ3n) is 3.57. The minimum absolute atomic E-state index is 0.0588. The Morgan fingerprint density at radius 3 is 2.67 bits per heavy atom. The lowest BCUT2D eigenvalue weighted by molar-refractivity contribution is 0.147. The Bertz CT molecular complexity index is 375. The van der Waals surface area contributed by atoms with Gasteiger partial charge in [-0.15, -0.1) is 0 Å². The van der Waals surface area contributed by atoms with E-state index in [2.05, 4.69) is 22.9 Å². The Balaban J connectivity index is 1.92. The minimum Gasteiger partial charge on any atom is -0.497 e. The van der Waals surface area contributed by atoms with E-state index in [0.29, 0.717) is 0 Å². The fourth-order valence-electron chi connectivity index (χ4n) is 2.29. The van der Waals surface area contributed by atoms with Gasteiger partial charge in [-0.1, -0.05) is 12.1 Å². The number of piperazine rings is 1. The second-order valence-electron chi connectivity index (χ2n) is 4.99. The lowest BCUT2D eigenvalue weighted by Crippen LogP contribution is -2.46. The van der Waals surface area contributed by atoms with E-state index in [1.165, 1.54) is 0 Å². The topological polar surface area (TPSA) is 41.7 Å². The number of ether oxygens (including phenoxy) is 1. The van der Waals surface area contributed by atoms with Crippen molar-refractivity contribution in [1.82, 2.24) is 9.80 Å². The Hall–Kier alpha value is -1.10. The van der Waals surface area contributed by atoms with Gasteiger partial charge < -0.3 is 15.4 Å². The molecule has 0 radical (unpaired) electrons. The van der Waals surface area contributed by atoms with E-state index in [1.54, 1.807) is 7.11 Å². The third-order valence-corrected chi connectivity index (χ3v) is 3.57. The first-order chi connectivity index (χ1) is 8.69. The van der Waals surface area contributed by atoms with Crippen molar-refractivity contribution in [2.75, 3.05) is 46.9 Å². The van der Waals surface area contributed by atoms with Crippen molar-refractivity contribution in [3.8, 4) is 5.75 Å². The molecule has 1 fully saturated rings. The predicted molar refractivity (Wildman–Crippen MR) is 73.9 cm³/mol. The van der Waals surface area contributed by atoms with Crippen LogP contribution in [0.5, 0.6) is 5.75 Å². The monoisotopic (exact) mass is 249 g/mol. The second kappa shape index (κ2) is 6.18. The maximum absolute atomic E-state index is 6.27. The molecule has 1 heterocycles. The maximum atomic E-state index is 6.27. The van der Waals surface area contributed by atoms with Crippen LogP contribution in [0.25, 0.3) is 0 Å². The number of rotatable bonds is 4. The Labute approximate surface area is 109 Å². The van der Waals surface area contributed by atoms with E-state index < -0.39 is 0 Å². The van der Waals surface area contributed by atoms with Crippen LogP contribution in [0, 0.1) is 0 Å². The zero-order valence-electron chi connectivity index (χ0n) is 11.3. The molecule has 2 rings (SSSR count). The van der Waals surface area contributed by atoms with E-state index in [0.717, 1.165) is 44.0 Å². The van der Waals surface area contributed by atoms with Gasteiger partial charge in [-0.05, 0) is 24.7 Å². The number of nitrogens with zero attached hydrogens (tertiary/aromatic N) is 2. The summed E-state index contributed by atoms with van der Waals surface area (Å²) in [7, 11) is 3.85. The summed E-state index contributed by atoms with van der Waals surface area (Å²) < 4.78 is 5.23. The number of likely N-dealkylation sites (N-methyl/N-ethyl adjacent to an activating group) is 1. The van der Waals surface area contributed by atoms with E-state index in [1.807, 2.05) is 18.2 Å². The van der Waals surface area contributed by atoms with Gasteiger partial charge in [0, 0.05) is 38.8 Å². The van der Waals surface area contributed by atoms with Gasteiger partial charge in [0.05, 0.1) is 7.11 Å².